The van der Waals surface area contributed by atoms with Gasteiger partial charge < -0.3 is 9.80 Å². The van der Waals surface area contributed by atoms with Crippen LogP contribution in [0.3, 0.4) is 0 Å². The van der Waals surface area contributed by atoms with Crippen molar-refractivity contribution >= 4 is 17.6 Å². The van der Waals surface area contributed by atoms with Crippen LogP contribution in [0.4, 0.5) is 5.95 Å². The van der Waals surface area contributed by atoms with Crippen LogP contribution in [0, 0.1) is 0 Å². The summed E-state index contributed by atoms with van der Waals surface area (Å²) in [6, 6.07) is 1.83. The Morgan fingerprint density at radius 1 is 1.21 bits per heavy atom. The van der Waals surface area contributed by atoms with E-state index in [-0.39, 0.29) is 11.3 Å². The lowest BCUT2D eigenvalue weighted by atomic mass is 9.77. The molecule has 5 rings (SSSR count). The number of anilines is 1. The van der Waals surface area contributed by atoms with Crippen LogP contribution in [0.15, 0.2) is 30.9 Å². The van der Waals surface area contributed by atoms with E-state index in [2.05, 4.69) is 15.0 Å². The maximum atomic E-state index is 13.2. The molecule has 1 aliphatic heterocycles. The summed E-state index contributed by atoms with van der Waals surface area (Å²) in [6.45, 7) is 1.44. The Kier molecular flexibility index (Phi) is 3.82. The van der Waals surface area contributed by atoms with Crippen molar-refractivity contribution < 1.29 is 4.79 Å². The zero-order valence-corrected chi connectivity index (χ0v) is 16.2. The third-order valence-corrected chi connectivity index (χ3v) is 5.95. The van der Waals surface area contributed by atoms with Crippen molar-refractivity contribution in [1.82, 2.24) is 29.2 Å². The van der Waals surface area contributed by atoms with Crippen LogP contribution in [0.5, 0.6) is 0 Å². The Hall–Kier alpha value is -3.03. The van der Waals surface area contributed by atoms with E-state index in [1.54, 1.807) is 16.8 Å². The Balaban J connectivity index is 1.46. The summed E-state index contributed by atoms with van der Waals surface area (Å²) in [5, 5.41) is 0. The molecular formula is C20H23N7O. The fraction of sp³-hybridized carbons (Fsp3) is 0.450. The second-order valence-electron chi connectivity index (χ2n) is 8.00. The van der Waals surface area contributed by atoms with E-state index in [0.29, 0.717) is 18.0 Å². The van der Waals surface area contributed by atoms with Gasteiger partial charge in [-0.2, -0.15) is 0 Å². The van der Waals surface area contributed by atoms with Gasteiger partial charge in [0.2, 0.25) is 11.7 Å². The predicted octanol–water partition coefficient (Wildman–Crippen LogP) is 1.71. The third-order valence-electron chi connectivity index (χ3n) is 5.95. The molecular weight excluding hydrogens is 354 g/mol. The largest absolute Gasteiger partial charge is 0.347 e. The summed E-state index contributed by atoms with van der Waals surface area (Å²) in [6.07, 6.45) is 11.3. The Morgan fingerprint density at radius 3 is 2.93 bits per heavy atom. The van der Waals surface area contributed by atoms with Crippen molar-refractivity contribution in [3.05, 3.63) is 47.8 Å². The highest BCUT2D eigenvalue weighted by molar-refractivity contribution is 5.93. The highest BCUT2D eigenvalue weighted by atomic mass is 16.2. The highest BCUT2D eigenvalue weighted by Crippen LogP contribution is 2.44. The van der Waals surface area contributed by atoms with Crippen LogP contribution in [-0.2, 0) is 11.8 Å². The van der Waals surface area contributed by atoms with Gasteiger partial charge >= 0.3 is 0 Å². The summed E-state index contributed by atoms with van der Waals surface area (Å²) < 4.78 is 1.79. The summed E-state index contributed by atoms with van der Waals surface area (Å²) in [5.74, 6) is 1.25. The van der Waals surface area contributed by atoms with Crippen LogP contribution in [0.2, 0.25) is 0 Å². The minimum Gasteiger partial charge on any atom is -0.347 e. The number of rotatable bonds is 2. The first kappa shape index (κ1) is 17.1. The van der Waals surface area contributed by atoms with Gasteiger partial charge in [0.15, 0.2) is 0 Å². The summed E-state index contributed by atoms with van der Waals surface area (Å²) in [4.78, 5) is 35.0. The number of aromatic nitrogens is 5. The van der Waals surface area contributed by atoms with Crippen molar-refractivity contribution in [2.75, 3.05) is 32.1 Å². The monoisotopic (exact) mass is 377 g/mol. The lowest BCUT2D eigenvalue weighted by Gasteiger charge is -2.40. The number of fused-ring (bicyclic) bond motifs is 3. The first-order valence-electron chi connectivity index (χ1n) is 9.68. The molecule has 3 aromatic rings. The van der Waals surface area contributed by atoms with Gasteiger partial charge in [-0.3, -0.25) is 9.20 Å². The van der Waals surface area contributed by atoms with Crippen molar-refractivity contribution in [3.8, 4) is 0 Å². The highest BCUT2D eigenvalue weighted by Gasteiger charge is 2.45. The average molecular weight is 377 g/mol. The van der Waals surface area contributed by atoms with Gasteiger partial charge in [-0.05, 0) is 37.3 Å². The first-order chi connectivity index (χ1) is 13.6. The predicted molar refractivity (Wildman–Crippen MR) is 104 cm³/mol. The number of aryl methyl sites for hydroxylation is 1. The molecule has 1 atom stereocenters. The molecule has 1 unspecified atom stereocenters. The summed E-state index contributed by atoms with van der Waals surface area (Å²) in [5.41, 5.74) is 2.72. The third kappa shape index (κ3) is 2.63. The van der Waals surface area contributed by atoms with E-state index >= 15 is 0 Å². The number of hydrogen-bond donors (Lipinski definition) is 0. The zero-order valence-electron chi connectivity index (χ0n) is 16.2. The number of carbonyl (C=O) groups is 1. The molecule has 28 heavy (non-hydrogen) atoms. The van der Waals surface area contributed by atoms with E-state index in [0.717, 1.165) is 43.9 Å². The van der Waals surface area contributed by atoms with Gasteiger partial charge in [0, 0.05) is 57.4 Å². The van der Waals surface area contributed by atoms with E-state index in [9.17, 15) is 4.79 Å². The normalized spacial score (nSPS) is 21.3. The number of hydrogen-bond acceptors (Lipinski definition) is 6. The molecule has 2 aliphatic rings. The minimum atomic E-state index is -0.0750. The molecule has 0 saturated carbocycles. The molecule has 0 radical (unpaired) electrons. The molecule has 8 nitrogen and oxygen atoms in total. The molecule has 0 aromatic carbocycles. The minimum absolute atomic E-state index is 0.0279. The number of carbonyl (C=O) groups excluding carboxylic acids is 1. The molecule has 4 heterocycles. The summed E-state index contributed by atoms with van der Waals surface area (Å²) >= 11 is 0. The maximum Gasteiger partial charge on any atom is 0.274 e. The Labute approximate surface area is 163 Å². The molecule has 1 aliphatic carbocycles. The maximum absolute atomic E-state index is 13.2. The second kappa shape index (κ2) is 6.25. The lowest BCUT2D eigenvalue weighted by molar-refractivity contribution is 0.0628. The smallest absolute Gasteiger partial charge is 0.274 e. The van der Waals surface area contributed by atoms with E-state index in [1.807, 2.05) is 42.4 Å². The topological polar surface area (TPSA) is 79.5 Å². The average Bonchev–Trinajstić information content (AvgIpc) is 3.29. The van der Waals surface area contributed by atoms with Crippen LogP contribution in [0.25, 0.3) is 5.78 Å². The van der Waals surface area contributed by atoms with Crippen molar-refractivity contribution in [2.45, 2.75) is 31.1 Å². The standard InChI is InChI=1S/C20H23N7O/c1-25(2)18-22-11-14-5-7-20(16(14)24-18)6-3-9-27(13-20)17(28)15-12-26-10-4-8-21-19(26)23-15/h4,8,10-12H,3,5-7,9,13H2,1-2H3. The fourth-order valence-electron chi connectivity index (χ4n) is 4.54. The van der Waals surface area contributed by atoms with Crippen molar-refractivity contribution in [3.63, 3.8) is 0 Å². The molecule has 1 spiro atoms. The van der Waals surface area contributed by atoms with Gasteiger partial charge in [-0.15, -0.1) is 0 Å². The summed E-state index contributed by atoms with van der Waals surface area (Å²) in [7, 11) is 3.91. The molecule has 1 amide bonds. The van der Waals surface area contributed by atoms with Crippen LogP contribution >= 0.6 is 0 Å². The number of likely N-dealkylation sites (tertiary alicyclic amines) is 1. The van der Waals surface area contributed by atoms with E-state index in [4.69, 9.17) is 4.98 Å². The van der Waals surface area contributed by atoms with Gasteiger partial charge in [0.1, 0.15) is 5.69 Å². The van der Waals surface area contributed by atoms with Crippen LogP contribution in [-0.4, -0.2) is 62.3 Å². The number of nitrogens with zero attached hydrogens (tertiary/aromatic N) is 7. The molecule has 0 bridgehead atoms. The fourth-order valence-corrected chi connectivity index (χ4v) is 4.54. The van der Waals surface area contributed by atoms with Gasteiger partial charge in [-0.25, -0.2) is 19.9 Å². The molecule has 8 heteroatoms. The van der Waals surface area contributed by atoms with Crippen molar-refractivity contribution in [1.29, 1.82) is 0 Å². The Morgan fingerprint density at radius 2 is 2.11 bits per heavy atom. The zero-order chi connectivity index (χ0) is 19.3. The SMILES string of the molecule is CN(C)c1ncc2c(n1)C1(CCCN(C(=O)c3cn4cccnc4n3)C1)CC2. The quantitative estimate of drug-likeness (QED) is 0.676. The van der Waals surface area contributed by atoms with E-state index in [1.165, 1.54) is 5.56 Å². The van der Waals surface area contributed by atoms with Crippen LogP contribution in [0.1, 0.15) is 41.0 Å². The molecule has 1 saturated heterocycles. The second-order valence-corrected chi connectivity index (χ2v) is 8.00. The number of piperidine rings is 1. The molecule has 144 valence electrons. The molecule has 3 aromatic heterocycles. The first-order valence-corrected chi connectivity index (χ1v) is 9.68. The van der Waals surface area contributed by atoms with Gasteiger partial charge in [-0.1, -0.05) is 0 Å². The van der Waals surface area contributed by atoms with Gasteiger partial charge in [0.05, 0.1) is 5.69 Å². The van der Waals surface area contributed by atoms with Crippen molar-refractivity contribution in [2.24, 2.45) is 0 Å². The van der Waals surface area contributed by atoms with E-state index < -0.39 is 0 Å². The molecule has 0 N–H and O–H groups in total. The number of amides is 1. The molecule has 1 fully saturated rings. The Bertz CT molecular complexity index is 1020. The number of imidazole rings is 1. The van der Waals surface area contributed by atoms with Gasteiger partial charge in [0.25, 0.3) is 5.91 Å². The van der Waals surface area contributed by atoms with Crippen LogP contribution < -0.4 is 4.90 Å². The lowest BCUT2D eigenvalue weighted by Crippen LogP contribution is -2.48.